The van der Waals surface area contributed by atoms with Crippen molar-refractivity contribution in [2.75, 3.05) is 13.7 Å². The molecule has 1 amide bonds. The topological polar surface area (TPSA) is 90.9 Å². The van der Waals surface area contributed by atoms with E-state index in [-0.39, 0.29) is 13.0 Å². The number of benzene rings is 1. The monoisotopic (exact) mass is 405 g/mol. The third-order valence-electron chi connectivity index (χ3n) is 3.76. The lowest BCUT2D eigenvalue weighted by Gasteiger charge is -2.19. The van der Waals surface area contributed by atoms with Crippen molar-refractivity contribution in [2.45, 2.75) is 52.2 Å². The molecule has 160 valence electrons. The predicted molar refractivity (Wildman–Crippen MR) is 109 cm³/mol. The Morgan fingerprint density at radius 3 is 2.41 bits per heavy atom. The number of amides is 1. The van der Waals surface area contributed by atoms with Crippen molar-refractivity contribution >= 4 is 18.0 Å². The molecule has 0 aliphatic carbocycles. The lowest BCUT2D eigenvalue weighted by atomic mass is 10.0. The van der Waals surface area contributed by atoms with Gasteiger partial charge in [0.25, 0.3) is 0 Å². The van der Waals surface area contributed by atoms with E-state index < -0.39 is 29.6 Å². The Kier molecular flexibility index (Phi) is 10.5. The zero-order valence-corrected chi connectivity index (χ0v) is 17.6. The molecule has 0 aliphatic heterocycles. The van der Waals surface area contributed by atoms with E-state index in [0.29, 0.717) is 19.4 Å². The Balaban J connectivity index is 2.37. The molecule has 1 aromatic carbocycles. The van der Waals surface area contributed by atoms with Crippen LogP contribution >= 0.6 is 0 Å². The Hall–Kier alpha value is -2.83. The van der Waals surface area contributed by atoms with Crippen LogP contribution in [0.15, 0.2) is 42.5 Å². The van der Waals surface area contributed by atoms with E-state index in [1.165, 1.54) is 7.11 Å². The average molecular weight is 405 g/mol. The van der Waals surface area contributed by atoms with E-state index in [1.807, 2.05) is 36.4 Å². The predicted octanol–water partition coefficient (Wildman–Crippen LogP) is 3.77. The van der Waals surface area contributed by atoms with Crippen molar-refractivity contribution in [3.63, 3.8) is 0 Å². The molecular weight excluding hydrogens is 374 g/mol. The van der Waals surface area contributed by atoms with Crippen molar-refractivity contribution in [3.8, 4) is 0 Å². The van der Waals surface area contributed by atoms with Gasteiger partial charge in [0.05, 0.1) is 19.4 Å². The quantitative estimate of drug-likeness (QED) is 0.276. The van der Waals surface area contributed by atoms with E-state index in [9.17, 15) is 14.4 Å². The van der Waals surface area contributed by atoms with E-state index in [0.717, 1.165) is 5.56 Å². The molecule has 0 fully saturated rings. The third-order valence-corrected chi connectivity index (χ3v) is 3.76. The SMILES string of the molecule is COC(=O)[C@H](C/C=C/CCNC(=O)OC(C)(C)C)CC(=O)OCc1ccccc1. The van der Waals surface area contributed by atoms with E-state index in [2.05, 4.69) is 5.32 Å². The minimum Gasteiger partial charge on any atom is -0.469 e. The van der Waals surface area contributed by atoms with Crippen LogP contribution in [0.5, 0.6) is 0 Å². The number of esters is 2. The first-order valence-electron chi connectivity index (χ1n) is 9.60. The van der Waals surface area contributed by atoms with Crippen molar-refractivity contribution in [1.82, 2.24) is 5.32 Å². The van der Waals surface area contributed by atoms with Gasteiger partial charge in [-0.1, -0.05) is 42.5 Å². The van der Waals surface area contributed by atoms with Crippen LogP contribution in [0.25, 0.3) is 0 Å². The number of methoxy groups -OCH3 is 1. The molecule has 0 saturated carbocycles. The summed E-state index contributed by atoms with van der Waals surface area (Å²) in [5.74, 6) is -1.53. The maximum atomic E-state index is 12.1. The van der Waals surface area contributed by atoms with Gasteiger partial charge in [-0.2, -0.15) is 0 Å². The molecule has 0 aliphatic rings. The van der Waals surface area contributed by atoms with Crippen molar-refractivity contribution in [1.29, 1.82) is 0 Å². The molecule has 1 atom stereocenters. The Morgan fingerprint density at radius 1 is 1.10 bits per heavy atom. The first-order chi connectivity index (χ1) is 13.7. The van der Waals surface area contributed by atoms with Gasteiger partial charge in [0.2, 0.25) is 0 Å². The number of allylic oxidation sites excluding steroid dienone is 1. The van der Waals surface area contributed by atoms with Crippen LogP contribution in [-0.4, -0.2) is 37.3 Å². The van der Waals surface area contributed by atoms with Gasteiger partial charge in [0.15, 0.2) is 0 Å². The molecule has 1 rings (SSSR count). The number of hydrogen-bond donors (Lipinski definition) is 1. The largest absolute Gasteiger partial charge is 0.469 e. The highest BCUT2D eigenvalue weighted by molar-refractivity contribution is 5.80. The van der Waals surface area contributed by atoms with Crippen LogP contribution in [-0.2, 0) is 30.4 Å². The molecule has 1 aromatic rings. The normalized spacial score (nSPS) is 12.3. The van der Waals surface area contributed by atoms with Crippen LogP contribution in [0.3, 0.4) is 0 Å². The summed E-state index contributed by atoms with van der Waals surface area (Å²) in [6.07, 6.45) is 4.02. The maximum Gasteiger partial charge on any atom is 0.407 e. The Bertz CT molecular complexity index is 678. The molecule has 0 unspecified atom stereocenters. The standard InChI is InChI=1S/C22H31NO6/c1-22(2,3)29-21(26)23-14-10-6-9-13-18(20(25)27-4)15-19(24)28-16-17-11-7-5-8-12-17/h5-9,11-12,18H,10,13-16H2,1-4H3,(H,23,26)/b9-6+/t18-/m1/s1. The van der Waals surface area contributed by atoms with Gasteiger partial charge < -0.3 is 19.5 Å². The molecule has 7 heteroatoms. The first-order valence-corrected chi connectivity index (χ1v) is 9.60. The summed E-state index contributed by atoms with van der Waals surface area (Å²) in [5.41, 5.74) is 0.343. The fraction of sp³-hybridized carbons (Fsp3) is 0.500. The van der Waals surface area contributed by atoms with Crippen LogP contribution in [0.4, 0.5) is 4.79 Å². The van der Waals surface area contributed by atoms with Crippen molar-refractivity contribution < 1.29 is 28.6 Å². The van der Waals surface area contributed by atoms with Gasteiger partial charge in [-0.25, -0.2) is 4.79 Å². The number of carbonyl (C=O) groups is 3. The number of carbonyl (C=O) groups excluding carboxylic acids is 3. The van der Waals surface area contributed by atoms with Gasteiger partial charge >= 0.3 is 18.0 Å². The fourth-order valence-electron chi connectivity index (χ4n) is 2.38. The second-order valence-corrected chi connectivity index (χ2v) is 7.49. The first kappa shape index (κ1) is 24.2. The smallest absolute Gasteiger partial charge is 0.407 e. The average Bonchev–Trinajstić information content (AvgIpc) is 2.66. The number of nitrogens with one attached hydrogen (secondary N) is 1. The minimum atomic E-state index is -0.613. The van der Waals surface area contributed by atoms with Gasteiger partial charge in [-0.05, 0) is 39.2 Å². The summed E-state index contributed by atoms with van der Waals surface area (Å²) in [4.78, 5) is 35.5. The second kappa shape index (κ2) is 12.6. The summed E-state index contributed by atoms with van der Waals surface area (Å²) in [7, 11) is 1.29. The number of rotatable bonds is 10. The number of alkyl carbamates (subject to hydrolysis) is 1. The molecule has 7 nitrogen and oxygen atoms in total. The summed E-state index contributed by atoms with van der Waals surface area (Å²) < 4.78 is 15.2. The molecule has 0 bridgehead atoms. The lowest BCUT2D eigenvalue weighted by Crippen LogP contribution is -2.32. The summed E-state index contributed by atoms with van der Waals surface area (Å²) in [6, 6.07) is 9.33. The van der Waals surface area contributed by atoms with Crippen LogP contribution in [0.2, 0.25) is 0 Å². The van der Waals surface area contributed by atoms with Crippen LogP contribution < -0.4 is 5.32 Å². The number of hydrogen-bond acceptors (Lipinski definition) is 6. The van der Waals surface area contributed by atoms with Gasteiger partial charge in [0.1, 0.15) is 12.2 Å². The summed E-state index contributed by atoms with van der Waals surface area (Å²) in [5, 5.41) is 2.65. The highest BCUT2D eigenvalue weighted by Crippen LogP contribution is 2.14. The number of ether oxygens (including phenoxy) is 3. The van der Waals surface area contributed by atoms with Crippen LogP contribution in [0, 0.1) is 5.92 Å². The molecule has 0 spiro atoms. The summed E-state index contributed by atoms with van der Waals surface area (Å²) >= 11 is 0. The van der Waals surface area contributed by atoms with Crippen molar-refractivity contribution in [3.05, 3.63) is 48.0 Å². The molecule has 0 heterocycles. The van der Waals surface area contributed by atoms with E-state index >= 15 is 0 Å². The van der Waals surface area contributed by atoms with Gasteiger partial charge in [-0.3, -0.25) is 9.59 Å². The van der Waals surface area contributed by atoms with Crippen LogP contribution in [0.1, 0.15) is 45.6 Å². The third kappa shape index (κ3) is 11.6. The lowest BCUT2D eigenvalue weighted by molar-refractivity contribution is -0.154. The molecule has 1 N–H and O–H groups in total. The molecule has 29 heavy (non-hydrogen) atoms. The zero-order chi connectivity index (χ0) is 21.7. The van der Waals surface area contributed by atoms with E-state index in [1.54, 1.807) is 26.8 Å². The minimum absolute atomic E-state index is 0.0556. The second-order valence-electron chi connectivity index (χ2n) is 7.49. The van der Waals surface area contributed by atoms with Gasteiger partial charge in [-0.15, -0.1) is 0 Å². The Morgan fingerprint density at radius 2 is 1.79 bits per heavy atom. The molecule has 0 saturated heterocycles. The molecule has 0 radical (unpaired) electrons. The highest BCUT2D eigenvalue weighted by Gasteiger charge is 2.22. The van der Waals surface area contributed by atoms with Gasteiger partial charge in [0, 0.05) is 6.54 Å². The Labute approximate surface area is 172 Å². The maximum absolute atomic E-state index is 12.1. The summed E-state index contributed by atoms with van der Waals surface area (Å²) in [6.45, 7) is 5.96. The highest BCUT2D eigenvalue weighted by atomic mass is 16.6. The van der Waals surface area contributed by atoms with E-state index in [4.69, 9.17) is 14.2 Å². The fourth-order valence-corrected chi connectivity index (χ4v) is 2.38. The van der Waals surface area contributed by atoms with Crippen molar-refractivity contribution in [2.24, 2.45) is 5.92 Å². The zero-order valence-electron chi connectivity index (χ0n) is 17.6. The molecule has 0 aromatic heterocycles. The molecular formula is C22H31NO6.